The van der Waals surface area contributed by atoms with Gasteiger partial charge in [0.1, 0.15) is 11.9 Å². The topological polar surface area (TPSA) is 77.4 Å². The molecule has 2 aliphatic rings. The summed E-state index contributed by atoms with van der Waals surface area (Å²) in [7, 11) is 0. The Morgan fingerprint density at radius 2 is 1.93 bits per heavy atom. The molecule has 2 N–H and O–H groups in total. The van der Waals surface area contributed by atoms with E-state index < -0.39 is 0 Å². The fourth-order valence-electron chi connectivity index (χ4n) is 3.98. The second kappa shape index (κ2) is 10.9. The van der Waals surface area contributed by atoms with Gasteiger partial charge in [-0.2, -0.15) is 0 Å². The smallest absolute Gasteiger partial charge is 0.306 e. The van der Waals surface area contributed by atoms with Crippen molar-refractivity contribution >= 4 is 17.6 Å². The molecular formula is C22H34N4O3. The Morgan fingerprint density at radius 1 is 1.21 bits per heavy atom. The number of ether oxygens (including phenoxy) is 1. The molecule has 7 heteroatoms. The molecule has 0 amide bonds. The average Bonchev–Trinajstić information content (AvgIpc) is 3.24. The lowest BCUT2D eigenvalue weighted by Crippen LogP contribution is -2.52. The SMILES string of the molecule is CCNC(=NCCCC(=O)OC1CCCC1)N1CCN(c2ccccc2O)CC1. The maximum absolute atomic E-state index is 11.9. The molecule has 0 atom stereocenters. The lowest BCUT2D eigenvalue weighted by Gasteiger charge is -2.37. The van der Waals surface area contributed by atoms with Crippen LogP contribution in [0, 0.1) is 0 Å². The molecule has 1 aromatic carbocycles. The molecule has 2 fully saturated rings. The number of hydrogen-bond donors (Lipinski definition) is 2. The summed E-state index contributed by atoms with van der Waals surface area (Å²) in [6.07, 6.45) is 5.65. The number of guanidine groups is 1. The van der Waals surface area contributed by atoms with E-state index in [4.69, 9.17) is 9.73 Å². The van der Waals surface area contributed by atoms with Crippen LogP contribution in [0.15, 0.2) is 29.3 Å². The lowest BCUT2D eigenvalue weighted by molar-refractivity contribution is -0.148. The fraction of sp³-hybridized carbons (Fsp3) is 0.636. The molecule has 1 saturated heterocycles. The maximum atomic E-state index is 11.9. The van der Waals surface area contributed by atoms with E-state index in [0.29, 0.717) is 25.1 Å². The first kappa shape index (κ1) is 21.3. The van der Waals surface area contributed by atoms with Crippen molar-refractivity contribution in [1.82, 2.24) is 10.2 Å². The van der Waals surface area contributed by atoms with Gasteiger partial charge in [0, 0.05) is 45.7 Å². The number of anilines is 1. The summed E-state index contributed by atoms with van der Waals surface area (Å²) in [5.41, 5.74) is 0.884. The number of hydrogen-bond acceptors (Lipinski definition) is 5. The molecule has 1 aromatic rings. The minimum absolute atomic E-state index is 0.0895. The van der Waals surface area contributed by atoms with Crippen LogP contribution in [0.1, 0.15) is 45.4 Å². The highest BCUT2D eigenvalue weighted by Crippen LogP contribution is 2.27. The van der Waals surface area contributed by atoms with Gasteiger partial charge >= 0.3 is 5.97 Å². The monoisotopic (exact) mass is 402 g/mol. The van der Waals surface area contributed by atoms with E-state index in [9.17, 15) is 9.90 Å². The lowest BCUT2D eigenvalue weighted by atomic mass is 10.2. The number of carbonyl (C=O) groups excluding carboxylic acids is 1. The summed E-state index contributed by atoms with van der Waals surface area (Å²) < 4.78 is 5.51. The van der Waals surface area contributed by atoms with E-state index in [0.717, 1.165) is 57.2 Å². The number of phenols is 1. The van der Waals surface area contributed by atoms with E-state index in [1.54, 1.807) is 6.07 Å². The quantitative estimate of drug-likeness (QED) is 0.316. The van der Waals surface area contributed by atoms with Gasteiger partial charge in [0.2, 0.25) is 0 Å². The first-order valence-electron chi connectivity index (χ1n) is 10.9. The van der Waals surface area contributed by atoms with Gasteiger partial charge in [0.05, 0.1) is 5.69 Å². The zero-order valence-corrected chi connectivity index (χ0v) is 17.5. The Balaban J connectivity index is 1.44. The first-order chi connectivity index (χ1) is 14.2. The molecule has 160 valence electrons. The number of esters is 1. The molecule has 0 aromatic heterocycles. The highest BCUT2D eigenvalue weighted by Gasteiger charge is 2.21. The molecule has 1 aliphatic heterocycles. The van der Waals surface area contributed by atoms with Gasteiger partial charge in [-0.15, -0.1) is 0 Å². The molecule has 29 heavy (non-hydrogen) atoms. The fourth-order valence-corrected chi connectivity index (χ4v) is 3.98. The van der Waals surface area contributed by atoms with Crippen LogP contribution < -0.4 is 10.2 Å². The molecular weight excluding hydrogens is 368 g/mol. The van der Waals surface area contributed by atoms with Crippen molar-refractivity contribution in [3.8, 4) is 5.75 Å². The van der Waals surface area contributed by atoms with E-state index >= 15 is 0 Å². The molecule has 1 heterocycles. The number of piperazine rings is 1. The number of benzene rings is 1. The van der Waals surface area contributed by atoms with Gasteiger partial charge in [0.15, 0.2) is 5.96 Å². The van der Waals surface area contributed by atoms with Crippen LogP contribution in [0.4, 0.5) is 5.69 Å². The number of phenolic OH excluding ortho intramolecular Hbond substituents is 1. The molecule has 0 radical (unpaired) electrons. The van der Waals surface area contributed by atoms with Gasteiger partial charge in [-0.25, -0.2) is 0 Å². The van der Waals surface area contributed by atoms with Crippen LogP contribution in [0.2, 0.25) is 0 Å². The number of carbonyl (C=O) groups is 1. The predicted octanol–water partition coefficient (Wildman–Crippen LogP) is 2.75. The minimum atomic E-state index is -0.0895. The van der Waals surface area contributed by atoms with Crippen molar-refractivity contribution in [3.63, 3.8) is 0 Å². The van der Waals surface area contributed by atoms with Gasteiger partial charge in [-0.1, -0.05) is 12.1 Å². The van der Waals surface area contributed by atoms with Gasteiger partial charge in [0.25, 0.3) is 0 Å². The Kier molecular flexibility index (Phi) is 8.02. The zero-order valence-electron chi connectivity index (χ0n) is 17.5. The van der Waals surface area contributed by atoms with Crippen LogP contribution in [-0.4, -0.2) is 67.3 Å². The summed E-state index contributed by atoms with van der Waals surface area (Å²) in [5, 5.41) is 13.4. The highest BCUT2D eigenvalue weighted by molar-refractivity contribution is 5.80. The second-order valence-electron chi connectivity index (χ2n) is 7.70. The average molecular weight is 403 g/mol. The summed E-state index contributed by atoms with van der Waals surface area (Å²) in [4.78, 5) is 21.1. The van der Waals surface area contributed by atoms with Crippen LogP contribution in [-0.2, 0) is 9.53 Å². The molecule has 0 spiro atoms. The predicted molar refractivity (Wildman–Crippen MR) is 115 cm³/mol. The summed E-state index contributed by atoms with van der Waals surface area (Å²) in [5.74, 6) is 1.13. The first-order valence-corrected chi connectivity index (χ1v) is 10.9. The third-order valence-corrected chi connectivity index (χ3v) is 5.54. The standard InChI is InChI=1S/C22H34N4O3/c1-2-23-22(24-13-7-12-21(28)29-18-8-3-4-9-18)26-16-14-25(15-17-26)19-10-5-6-11-20(19)27/h5-6,10-11,18,27H,2-4,7-9,12-17H2,1H3,(H,23,24). The number of aliphatic imine (C=N–C) groups is 1. The maximum Gasteiger partial charge on any atom is 0.306 e. The molecule has 3 rings (SSSR count). The van der Waals surface area contributed by atoms with E-state index in [2.05, 4.69) is 22.0 Å². The van der Waals surface area contributed by atoms with Gasteiger partial charge in [-0.3, -0.25) is 9.79 Å². The van der Waals surface area contributed by atoms with Crippen molar-refractivity contribution in [2.24, 2.45) is 4.99 Å². The Bertz CT molecular complexity index is 680. The van der Waals surface area contributed by atoms with Crippen molar-refractivity contribution < 1.29 is 14.6 Å². The van der Waals surface area contributed by atoms with Crippen LogP contribution >= 0.6 is 0 Å². The van der Waals surface area contributed by atoms with Crippen LogP contribution in [0.5, 0.6) is 5.75 Å². The largest absolute Gasteiger partial charge is 0.506 e. The third-order valence-electron chi connectivity index (χ3n) is 5.54. The minimum Gasteiger partial charge on any atom is -0.506 e. The molecule has 7 nitrogen and oxygen atoms in total. The number of aromatic hydroxyl groups is 1. The van der Waals surface area contributed by atoms with E-state index in [1.165, 1.54) is 12.8 Å². The highest BCUT2D eigenvalue weighted by atomic mass is 16.5. The van der Waals surface area contributed by atoms with E-state index in [1.807, 2.05) is 18.2 Å². The summed E-state index contributed by atoms with van der Waals surface area (Å²) in [6, 6.07) is 7.47. The molecule has 1 aliphatic carbocycles. The van der Waals surface area contributed by atoms with Crippen LogP contribution in [0.25, 0.3) is 0 Å². The van der Waals surface area contributed by atoms with Crippen LogP contribution in [0.3, 0.4) is 0 Å². The third kappa shape index (κ3) is 6.27. The molecule has 1 saturated carbocycles. The second-order valence-corrected chi connectivity index (χ2v) is 7.70. The zero-order chi connectivity index (χ0) is 20.5. The van der Waals surface area contributed by atoms with Crippen molar-refractivity contribution in [1.29, 1.82) is 0 Å². The number of para-hydroxylation sites is 2. The van der Waals surface area contributed by atoms with Crippen molar-refractivity contribution in [2.45, 2.75) is 51.6 Å². The van der Waals surface area contributed by atoms with E-state index in [-0.39, 0.29) is 12.1 Å². The van der Waals surface area contributed by atoms with Gasteiger partial charge in [-0.05, 0) is 51.2 Å². The van der Waals surface area contributed by atoms with Crippen molar-refractivity contribution in [3.05, 3.63) is 24.3 Å². The van der Waals surface area contributed by atoms with Crippen molar-refractivity contribution in [2.75, 3.05) is 44.2 Å². The number of rotatable bonds is 7. The van der Waals surface area contributed by atoms with Gasteiger partial charge < -0.3 is 25.0 Å². The summed E-state index contributed by atoms with van der Waals surface area (Å²) >= 11 is 0. The molecule has 0 bridgehead atoms. The Labute approximate surface area is 173 Å². The number of nitrogens with zero attached hydrogens (tertiary/aromatic N) is 3. The Morgan fingerprint density at radius 3 is 2.62 bits per heavy atom. The summed E-state index contributed by atoms with van der Waals surface area (Å²) in [6.45, 7) is 6.82. The number of nitrogens with one attached hydrogen (secondary N) is 1. The Hall–Kier alpha value is -2.44. The molecule has 0 unspecified atom stereocenters. The normalized spacial score (nSPS) is 18.2.